The number of thioether (sulfide) groups is 1. The number of halogens is 1. The lowest BCUT2D eigenvalue weighted by Gasteiger charge is -2.19. The van der Waals surface area contributed by atoms with E-state index in [9.17, 15) is 9.59 Å². The molecule has 1 fully saturated rings. The lowest BCUT2D eigenvalue weighted by atomic mass is 10.2. The van der Waals surface area contributed by atoms with Gasteiger partial charge < -0.3 is 10.2 Å². The van der Waals surface area contributed by atoms with Crippen LogP contribution in [0, 0.1) is 0 Å². The van der Waals surface area contributed by atoms with Crippen LogP contribution in [0.5, 0.6) is 0 Å². The summed E-state index contributed by atoms with van der Waals surface area (Å²) < 4.78 is 0. The number of aliphatic imine (C=N–C) groups is 1. The summed E-state index contributed by atoms with van der Waals surface area (Å²) in [5.41, 5.74) is 1.39. The van der Waals surface area contributed by atoms with Gasteiger partial charge >= 0.3 is 0 Å². The van der Waals surface area contributed by atoms with Crippen molar-refractivity contribution in [3.8, 4) is 0 Å². The number of para-hydroxylation sites is 1. The van der Waals surface area contributed by atoms with Gasteiger partial charge in [0.25, 0.3) is 0 Å². The minimum atomic E-state index is -0.501. The van der Waals surface area contributed by atoms with E-state index in [0.717, 1.165) is 5.69 Å². The first kappa shape index (κ1) is 21.4. The number of carbonyl (C=O) groups excluding carboxylic acids is 2. The van der Waals surface area contributed by atoms with Gasteiger partial charge in [-0.1, -0.05) is 47.6 Å². The van der Waals surface area contributed by atoms with Gasteiger partial charge in [-0.2, -0.15) is 0 Å². The van der Waals surface area contributed by atoms with Crippen molar-refractivity contribution in [3.05, 3.63) is 59.6 Å². The molecule has 2 aromatic carbocycles. The summed E-state index contributed by atoms with van der Waals surface area (Å²) in [6, 6.07) is 16.4. The molecule has 1 aliphatic rings. The number of amidine groups is 1. The molecule has 6 nitrogen and oxygen atoms in total. The smallest absolute Gasteiger partial charge is 0.242 e. The van der Waals surface area contributed by atoms with E-state index < -0.39 is 5.25 Å². The molecule has 3 rings (SSSR count). The maximum absolute atomic E-state index is 13.0. The molecule has 0 aromatic heterocycles. The second-order valence-electron chi connectivity index (χ2n) is 6.89. The molecule has 8 heteroatoms. The molecule has 2 amide bonds. The van der Waals surface area contributed by atoms with Crippen LogP contribution >= 0.6 is 23.4 Å². The first-order valence-corrected chi connectivity index (χ1v) is 10.5. The molecular formula is C21H23ClN4O2S. The van der Waals surface area contributed by atoms with Gasteiger partial charge in [-0.25, -0.2) is 4.99 Å². The van der Waals surface area contributed by atoms with Gasteiger partial charge in [0, 0.05) is 30.2 Å². The highest BCUT2D eigenvalue weighted by molar-refractivity contribution is 8.15. The Morgan fingerprint density at radius 2 is 1.97 bits per heavy atom. The van der Waals surface area contributed by atoms with Crippen LogP contribution in [-0.2, 0) is 9.59 Å². The van der Waals surface area contributed by atoms with Crippen LogP contribution < -0.4 is 5.32 Å². The second kappa shape index (κ2) is 9.91. The zero-order valence-corrected chi connectivity index (χ0v) is 17.9. The Hall–Kier alpha value is -2.35. The third kappa shape index (κ3) is 6.06. The molecule has 0 saturated carbocycles. The van der Waals surface area contributed by atoms with Crippen LogP contribution in [-0.4, -0.2) is 59.2 Å². The Morgan fingerprint density at radius 1 is 1.21 bits per heavy atom. The van der Waals surface area contributed by atoms with Gasteiger partial charge in [-0.15, -0.1) is 0 Å². The Balaban J connectivity index is 1.72. The highest BCUT2D eigenvalue weighted by Gasteiger charge is 2.39. The summed E-state index contributed by atoms with van der Waals surface area (Å²) in [5, 5.41) is 3.47. The molecule has 152 valence electrons. The number of nitrogens with one attached hydrogen (secondary N) is 1. The summed E-state index contributed by atoms with van der Waals surface area (Å²) in [7, 11) is 3.91. The Morgan fingerprint density at radius 3 is 2.66 bits per heavy atom. The van der Waals surface area contributed by atoms with Crippen LogP contribution in [0.4, 0.5) is 11.4 Å². The second-order valence-corrected chi connectivity index (χ2v) is 8.50. The lowest BCUT2D eigenvalue weighted by Crippen LogP contribution is -2.38. The summed E-state index contributed by atoms with van der Waals surface area (Å²) in [4.78, 5) is 33.8. The minimum absolute atomic E-state index is 0.0717. The van der Waals surface area contributed by atoms with E-state index in [2.05, 4.69) is 10.3 Å². The molecule has 1 heterocycles. The molecule has 0 aliphatic carbocycles. The highest BCUT2D eigenvalue weighted by Crippen LogP contribution is 2.31. The Kier molecular flexibility index (Phi) is 7.30. The van der Waals surface area contributed by atoms with Crippen molar-refractivity contribution in [1.29, 1.82) is 0 Å². The number of hydrogen-bond acceptors (Lipinski definition) is 5. The summed E-state index contributed by atoms with van der Waals surface area (Å²) in [5.74, 6) is -0.320. The number of likely N-dealkylation sites (N-methyl/N-ethyl adjacent to an activating group) is 1. The van der Waals surface area contributed by atoms with Crippen LogP contribution in [0.2, 0.25) is 5.02 Å². The van der Waals surface area contributed by atoms with Crippen molar-refractivity contribution >= 4 is 51.7 Å². The third-order valence-corrected chi connectivity index (χ3v) is 5.66. The van der Waals surface area contributed by atoms with E-state index in [1.807, 2.05) is 49.3 Å². The lowest BCUT2D eigenvalue weighted by molar-refractivity contribution is -0.128. The van der Waals surface area contributed by atoms with E-state index in [0.29, 0.717) is 29.0 Å². The van der Waals surface area contributed by atoms with Gasteiger partial charge in [-0.3, -0.25) is 14.5 Å². The average Bonchev–Trinajstić information content (AvgIpc) is 2.95. The molecule has 0 bridgehead atoms. The Labute approximate surface area is 179 Å². The van der Waals surface area contributed by atoms with Gasteiger partial charge in [0.05, 0.1) is 5.69 Å². The zero-order chi connectivity index (χ0) is 20.8. The topological polar surface area (TPSA) is 65.0 Å². The molecule has 1 atom stereocenters. The molecule has 0 radical (unpaired) electrons. The van der Waals surface area contributed by atoms with Crippen molar-refractivity contribution in [2.24, 2.45) is 4.99 Å². The average molecular weight is 431 g/mol. The van der Waals surface area contributed by atoms with E-state index in [-0.39, 0.29) is 18.2 Å². The van der Waals surface area contributed by atoms with Gasteiger partial charge in [0.2, 0.25) is 11.8 Å². The van der Waals surface area contributed by atoms with Gasteiger partial charge in [0.15, 0.2) is 5.17 Å². The fraction of sp³-hybridized carbons (Fsp3) is 0.286. The first-order chi connectivity index (χ1) is 13.9. The number of nitrogens with zero attached hydrogens (tertiary/aromatic N) is 3. The minimum Gasteiger partial charge on any atom is -0.326 e. The largest absolute Gasteiger partial charge is 0.326 e. The van der Waals surface area contributed by atoms with Crippen molar-refractivity contribution in [1.82, 2.24) is 9.80 Å². The SMILES string of the molecule is CN(C)CCN1C(=O)C(CC(=O)Nc2cccc(Cl)c2)SC1=Nc1ccccc1. The van der Waals surface area contributed by atoms with Gasteiger partial charge in [0.1, 0.15) is 5.25 Å². The number of carbonyl (C=O) groups is 2. The first-order valence-electron chi connectivity index (χ1n) is 9.24. The molecule has 1 saturated heterocycles. The predicted molar refractivity (Wildman–Crippen MR) is 120 cm³/mol. The number of hydrogen-bond donors (Lipinski definition) is 1. The molecule has 2 aromatic rings. The number of benzene rings is 2. The molecule has 1 aliphatic heterocycles. The van der Waals surface area contributed by atoms with Gasteiger partial charge in [-0.05, 0) is 44.4 Å². The van der Waals surface area contributed by atoms with Crippen molar-refractivity contribution in [2.75, 3.05) is 32.5 Å². The maximum Gasteiger partial charge on any atom is 0.242 e. The fourth-order valence-electron chi connectivity index (χ4n) is 2.79. The molecular weight excluding hydrogens is 408 g/mol. The predicted octanol–water partition coefficient (Wildman–Crippen LogP) is 3.86. The van der Waals surface area contributed by atoms with Crippen molar-refractivity contribution in [2.45, 2.75) is 11.7 Å². The fourth-order valence-corrected chi connectivity index (χ4v) is 4.16. The summed E-state index contributed by atoms with van der Waals surface area (Å²) in [6.07, 6.45) is 0.0717. The zero-order valence-electron chi connectivity index (χ0n) is 16.3. The normalized spacial score (nSPS) is 17.9. The molecule has 1 N–H and O–H groups in total. The highest BCUT2D eigenvalue weighted by atomic mass is 35.5. The standard InChI is InChI=1S/C21H23ClN4O2S/c1-25(2)11-12-26-20(28)18(29-21(26)24-16-8-4-3-5-9-16)14-19(27)23-17-10-6-7-15(22)13-17/h3-10,13,18H,11-12,14H2,1-2H3,(H,23,27). The van der Waals surface area contributed by atoms with E-state index in [1.165, 1.54) is 11.8 Å². The molecule has 0 spiro atoms. The monoisotopic (exact) mass is 430 g/mol. The summed E-state index contributed by atoms with van der Waals surface area (Å²) >= 11 is 7.30. The quantitative estimate of drug-likeness (QED) is 0.724. The van der Waals surface area contributed by atoms with E-state index >= 15 is 0 Å². The van der Waals surface area contributed by atoms with Crippen LogP contribution in [0.25, 0.3) is 0 Å². The maximum atomic E-state index is 13.0. The third-order valence-electron chi connectivity index (χ3n) is 4.25. The number of amides is 2. The number of anilines is 1. The van der Waals surface area contributed by atoms with Crippen molar-refractivity contribution in [3.63, 3.8) is 0 Å². The van der Waals surface area contributed by atoms with Crippen molar-refractivity contribution < 1.29 is 9.59 Å². The van der Waals surface area contributed by atoms with E-state index in [1.54, 1.807) is 29.2 Å². The van der Waals surface area contributed by atoms with E-state index in [4.69, 9.17) is 11.6 Å². The van der Waals surface area contributed by atoms with Crippen LogP contribution in [0.1, 0.15) is 6.42 Å². The summed E-state index contributed by atoms with van der Waals surface area (Å²) in [6.45, 7) is 1.23. The molecule has 29 heavy (non-hydrogen) atoms. The van der Waals surface area contributed by atoms with Crippen LogP contribution in [0.15, 0.2) is 59.6 Å². The van der Waals surface area contributed by atoms with Crippen LogP contribution in [0.3, 0.4) is 0 Å². The molecule has 1 unspecified atom stereocenters. The number of rotatable bonds is 7. The Bertz CT molecular complexity index is 905.